The molecule has 0 radical (unpaired) electrons. The average Bonchev–Trinajstić information content (AvgIpc) is 2.86. The largest absolute Gasteiger partial charge is 0.370 e. The summed E-state index contributed by atoms with van der Waals surface area (Å²) in [6.07, 6.45) is 6.84. The smallest absolute Gasteiger partial charge is 0.217 e. The molecule has 0 saturated carbocycles. The van der Waals surface area contributed by atoms with Crippen LogP contribution in [0.2, 0.25) is 0 Å². The third kappa shape index (κ3) is 3.56. The summed E-state index contributed by atoms with van der Waals surface area (Å²) < 4.78 is 7.99. The molecule has 1 saturated heterocycles. The van der Waals surface area contributed by atoms with E-state index >= 15 is 0 Å². The first-order chi connectivity index (χ1) is 9.12. The van der Waals surface area contributed by atoms with E-state index < -0.39 is 0 Å². The van der Waals surface area contributed by atoms with Crippen molar-refractivity contribution in [3.63, 3.8) is 0 Å². The molecular formula is C14H23N3O2. The van der Waals surface area contributed by atoms with Crippen LogP contribution >= 0.6 is 0 Å². The van der Waals surface area contributed by atoms with Crippen LogP contribution in [0.4, 0.5) is 0 Å². The average molecular weight is 265 g/mol. The molecule has 1 N–H and O–H groups in total. The Morgan fingerprint density at radius 1 is 1.53 bits per heavy atom. The van der Waals surface area contributed by atoms with E-state index in [9.17, 15) is 4.79 Å². The Morgan fingerprint density at radius 2 is 2.32 bits per heavy atom. The lowest BCUT2D eigenvalue weighted by Crippen LogP contribution is -2.42. The van der Waals surface area contributed by atoms with Gasteiger partial charge in [-0.05, 0) is 26.2 Å². The van der Waals surface area contributed by atoms with Gasteiger partial charge in [0, 0.05) is 31.3 Å². The van der Waals surface area contributed by atoms with Gasteiger partial charge in [0.15, 0.2) is 0 Å². The highest BCUT2D eigenvalue weighted by atomic mass is 16.5. The molecule has 0 spiro atoms. The maximum Gasteiger partial charge on any atom is 0.217 e. The van der Waals surface area contributed by atoms with Gasteiger partial charge in [-0.15, -0.1) is 0 Å². The number of carbonyl (C=O) groups is 1. The molecule has 106 valence electrons. The Labute approximate surface area is 114 Å². The molecule has 0 aliphatic carbocycles. The van der Waals surface area contributed by atoms with Crippen LogP contribution in [0.5, 0.6) is 0 Å². The highest BCUT2D eigenvalue weighted by Crippen LogP contribution is 2.32. The van der Waals surface area contributed by atoms with Crippen LogP contribution in [0.15, 0.2) is 12.4 Å². The number of nitrogens with one attached hydrogen (secondary N) is 1. The lowest BCUT2D eigenvalue weighted by molar-refractivity contribution is -0.122. The Morgan fingerprint density at radius 3 is 2.89 bits per heavy atom. The zero-order valence-corrected chi connectivity index (χ0v) is 11.9. The lowest BCUT2D eigenvalue weighted by atomic mass is 9.94. The number of hydrogen-bond donors (Lipinski definition) is 1. The summed E-state index contributed by atoms with van der Waals surface area (Å²) in [5.74, 6) is 0.0322. The van der Waals surface area contributed by atoms with E-state index in [0.717, 1.165) is 31.4 Å². The van der Waals surface area contributed by atoms with E-state index in [2.05, 4.69) is 24.3 Å². The summed E-state index contributed by atoms with van der Waals surface area (Å²) >= 11 is 0. The molecule has 1 aliphatic rings. The predicted molar refractivity (Wildman–Crippen MR) is 72.6 cm³/mol. The standard InChI is InChI=1S/C14H23N3O2/c1-4-13-6-12(16-10(3)18)7-14(19-13)11-8-15-17(5-2)9-11/h8-9,12-14H,4-7H2,1-3H3,(H,16,18)/t12-,13+,14+/m1/s1. The summed E-state index contributed by atoms with van der Waals surface area (Å²) in [6, 6.07) is 0.200. The van der Waals surface area contributed by atoms with Gasteiger partial charge in [-0.1, -0.05) is 6.92 Å². The van der Waals surface area contributed by atoms with Crippen LogP contribution < -0.4 is 5.32 Å². The van der Waals surface area contributed by atoms with Gasteiger partial charge in [-0.2, -0.15) is 5.10 Å². The molecule has 1 amide bonds. The minimum atomic E-state index is 0.0322. The number of amides is 1. The van der Waals surface area contributed by atoms with Crippen LogP contribution in [0.3, 0.4) is 0 Å². The highest BCUT2D eigenvalue weighted by molar-refractivity contribution is 5.73. The van der Waals surface area contributed by atoms with Gasteiger partial charge in [0.2, 0.25) is 5.91 Å². The number of nitrogens with zero attached hydrogens (tertiary/aromatic N) is 2. The van der Waals surface area contributed by atoms with Gasteiger partial charge in [0.1, 0.15) is 0 Å². The van der Waals surface area contributed by atoms with E-state index in [-0.39, 0.29) is 24.2 Å². The van der Waals surface area contributed by atoms with Gasteiger partial charge in [-0.3, -0.25) is 9.48 Å². The summed E-state index contributed by atoms with van der Waals surface area (Å²) in [5, 5.41) is 7.32. The number of rotatable bonds is 4. The first-order valence-corrected chi connectivity index (χ1v) is 7.07. The Bertz CT molecular complexity index is 430. The van der Waals surface area contributed by atoms with Crippen LogP contribution in [0.25, 0.3) is 0 Å². The van der Waals surface area contributed by atoms with Crippen molar-refractivity contribution < 1.29 is 9.53 Å². The van der Waals surface area contributed by atoms with Crippen molar-refractivity contribution >= 4 is 5.91 Å². The van der Waals surface area contributed by atoms with E-state index in [0.29, 0.717) is 0 Å². The third-order valence-corrected chi connectivity index (χ3v) is 3.61. The van der Waals surface area contributed by atoms with E-state index in [1.165, 1.54) is 0 Å². The molecule has 19 heavy (non-hydrogen) atoms. The molecular weight excluding hydrogens is 242 g/mol. The SMILES string of the molecule is CC[C@H]1C[C@@H](NC(C)=O)C[C@@H](c2cnn(CC)c2)O1. The van der Waals surface area contributed by atoms with Crippen molar-refractivity contribution in [1.82, 2.24) is 15.1 Å². The van der Waals surface area contributed by atoms with Crippen molar-refractivity contribution in [2.45, 2.75) is 64.8 Å². The second kappa shape index (κ2) is 6.19. The molecule has 0 aromatic carbocycles. The monoisotopic (exact) mass is 265 g/mol. The number of hydrogen-bond acceptors (Lipinski definition) is 3. The summed E-state index contributed by atoms with van der Waals surface area (Å²) in [6.45, 7) is 6.61. The Balaban J connectivity index is 2.08. The first kappa shape index (κ1) is 14.1. The number of aryl methyl sites for hydroxylation is 1. The minimum Gasteiger partial charge on any atom is -0.370 e. The molecule has 0 bridgehead atoms. The third-order valence-electron chi connectivity index (χ3n) is 3.61. The fraction of sp³-hybridized carbons (Fsp3) is 0.714. The molecule has 1 aromatic heterocycles. The van der Waals surface area contributed by atoms with E-state index in [1.54, 1.807) is 6.92 Å². The quantitative estimate of drug-likeness (QED) is 0.906. The normalized spacial score (nSPS) is 27.2. The van der Waals surface area contributed by atoms with Gasteiger partial charge >= 0.3 is 0 Å². The van der Waals surface area contributed by atoms with Crippen molar-refractivity contribution in [1.29, 1.82) is 0 Å². The van der Waals surface area contributed by atoms with E-state index in [1.807, 2.05) is 17.1 Å². The van der Waals surface area contributed by atoms with Gasteiger partial charge < -0.3 is 10.1 Å². The van der Waals surface area contributed by atoms with Crippen molar-refractivity contribution in [3.05, 3.63) is 18.0 Å². The van der Waals surface area contributed by atoms with Crippen molar-refractivity contribution in [2.24, 2.45) is 0 Å². The maximum atomic E-state index is 11.2. The molecule has 3 atom stereocenters. The number of ether oxygens (including phenoxy) is 1. The Hall–Kier alpha value is -1.36. The topological polar surface area (TPSA) is 56.2 Å². The molecule has 5 heteroatoms. The van der Waals surface area contributed by atoms with Gasteiger partial charge in [0.05, 0.1) is 18.4 Å². The lowest BCUT2D eigenvalue weighted by Gasteiger charge is -2.35. The second-order valence-electron chi connectivity index (χ2n) is 5.15. The predicted octanol–water partition coefficient (Wildman–Crippen LogP) is 2.04. The molecule has 2 heterocycles. The molecule has 1 aromatic rings. The summed E-state index contributed by atoms with van der Waals surface area (Å²) in [5.41, 5.74) is 1.11. The fourth-order valence-electron chi connectivity index (χ4n) is 2.62. The number of carbonyl (C=O) groups excluding carboxylic acids is 1. The fourth-order valence-corrected chi connectivity index (χ4v) is 2.62. The summed E-state index contributed by atoms with van der Waals surface area (Å²) in [7, 11) is 0. The van der Waals surface area contributed by atoms with Gasteiger partial charge in [-0.25, -0.2) is 0 Å². The molecule has 1 fully saturated rings. The van der Waals surface area contributed by atoms with Crippen LogP contribution in [0.1, 0.15) is 51.7 Å². The molecule has 5 nitrogen and oxygen atoms in total. The molecule has 2 rings (SSSR count). The van der Waals surface area contributed by atoms with Crippen LogP contribution in [-0.2, 0) is 16.1 Å². The minimum absolute atomic E-state index is 0.0322. The zero-order chi connectivity index (χ0) is 13.8. The number of aromatic nitrogens is 2. The zero-order valence-electron chi connectivity index (χ0n) is 11.9. The van der Waals surface area contributed by atoms with Crippen molar-refractivity contribution in [3.8, 4) is 0 Å². The Kier molecular flexibility index (Phi) is 4.58. The molecule has 0 unspecified atom stereocenters. The van der Waals surface area contributed by atoms with Gasteiger partial charge in [0.25, 0.3) is 0 Å². The van der Waals surface area contributed by atoms with Crippen LogP contribution in [0, 0.1) is 0 Å². The summed E-state index contributed by atoms with van der Waals surface area (Å²) in [4.78, 5) is 11.2. The van der Waals surface area contributed by atoms with Crippen LogP contribution in [-0.4, -0.2) is 27.8 Å². The first-order valence-electron chi connectivity index (χ1n) is 7.07. The second-order valence-corrected chi connectivity index (χ2v) is 5.15. The highest BCUT2D eigenvalue weighted by Gasteiger charge is 2.30. The maximum absolute atomic E-state index is 11.2. The molecule has 1 aliphatic heterocycles. The van der Waals surface area contributed by atoms with Crippen molar-refractivity contribution in [2.75, 3.05) is 0 Å². The van der Waals surface area contributed by atoms with E-state index in [4.69, 9.17) is 4.74 Å².